The molecule has 0 atom stereocenters. The van der Waals surface area contributed by atoms with Crippen molar-refractivity contribution in [2.45, 2.75) is 51.9 Å². The molecule has 0 saturated carbocycles. The van der Waals surface area contributed by atoms with E-state index in [1.807, 2.05) is 38.5 Å². The third-order valence-electron chi connectivity index (χ3n) is 7.21. The Bertz CT molecular complexity index is 1580. The van der Waals surface area contributed by atoms with Crippen LogP contribution in [0.15, 0.2) is 42.3 Å². The highest BCUT2D eigenvalue weighted by Gasteiger charge is 2.40. The van der Waals surface area contributed by atoms with Crippen LogP contribution in [0.25, 0.3) is 17.0 Å². The van der Waals surface area contributed by atoms with Crippen LogP contribution in [-0.2, 0) is 27.2 Å². The summed E-state index contributed by atoms with van der Waals surface area (Å²) in [4.78, 5) is 38.9. The number of allylic oxidation sites excluding steroid dienone is 1. The predicted octanol–water partition coefficient (Wildman–Crippen LogP) is 6.08. The second kappa shape index (κ2) is 11.4. The molecule has 0 spiro atoms. The van der Waals surface area contributed by atoms with Crippen molar-refractivity contribution in [3.05, 3.63) is 64.5 Å². The summed E-state index contributed by atoms with van der Waals surface area (Å²) in [6.45, 7) is 7.77. The Morgan fingerprint density at radius 2 is 1.69 bits per heavy atom. The van der Waals surface area contributed by atoms with Crippen molar-refractivity contribution >= 4 is 35.1 Å². The second-order valence-electron chi connectivity index (χ2n) is 11.4. The average molecular weight is 581 g/mol. The fourth-order valence-corrected chi connectivity index (χ4v) is 5.12. The SMILES string of the molecule is COc1ccc2c(c1)c(/C=C1\Oc3cc(C(C)(C)OC(=O)O)cc(C(C)(C)OC(=O)O)c3C1=O)cn2CCCN(C)C. The lowest BCUT2D eigenvalue weighted by atomic mass is 9.85. The molecule has 4 rings (SSSR count). The normalized spacial score (nSPS) is 14.3. The van der Waals surface area contributed by atoms with Crippen LogP contribution in [0.1, 0.15) is 61.2 Å². The topological polar surface area (TPSA) is 137 Å². The highest BCUT2D eigenvalue weighted by atomic mass is 16.7. The van der Waals surface area contributed by atoms with Gasteiger partial charge in [0.15, 0.2) is 5.76 Å². The largest absolute Gasteiger partial charge is 0.506 e. The Morgan fingerprint density at radius 1 is 1.02 bits per heavy atom. The molecule has 0 amide bonds. The summed E-state index contributed by atoms with van der Waals surface area (Å²) in [6.07, 6.45) is 1.51. The van der Waals surface area contributed by atoms with Crippen molar-refractivity contribution in [3.8, 4) is 11.5 Å². The summed E-state index contributed by atoms with van der Waals surface area (Å²) >= 11 is 0. The fraction of sp³-hybridized carbons (Fsp3) is 0.387. The van der Waals surface area contributed by atoms with Crippen molar-refractivity contribution in [3.63, 3.8) is 0 Å². The molecular formula is C31H36N2O9. The molecule has 1 aliphatic heterocycles. The van der Waals surface area contributed by atoms with Crippen molar-refractivity contribution in [2.75, 3.05) is 27.7 Å². The molecular weight excluding hydrogens is 544 g/mol. The van der Waals surface area contributed by atoms with Gasteiger partial charge >= 0.3 is 12.3 Å². The van der Waals surface area contributed by atoms with Crippen LogP contribution in [0.5, 0.6) is 11.5 Å². The van der Waals surface area contributed by atoms with Crippen molar-refractivity contribution in [1.82, 2.24) is 9.47 Å². The summed E-state index contributed by atoms with van der Waals surface area (Å²) in [6, 6.07) is 8.81. The quantitative estimate of drug-likeness (QED) is 0.214. The number of methoxy groups -OCH3 is 1. The molecule has 224 valence electrons. The number of hydrogen-bond donors (Lipinski definition) is 2. The molecule has 2 N–H and O–H groups in total. The first-order valence-corrected chi connectivity index (χ1v) is 13.4. The standard InChI is InChI=1S/C31H36N2O9/c1-30(2,41-28(35)36)19-14-22(31(3,4)42-29(37)38)26-24(15-19)40-25(27(26)34)13-18-17-33(12-8-11-32(5)6)23-10-9-20(39-7)16-21(18)23/h9-10,13-17H,8,11-12H2,1-7H3,(H,35,36)(H,37,38)/b25-13-. The molecule has 11 nitrogen and oxygen atoms in total. The first-order chi connectivity index (χ1) is 19.6. The lowest BCUT2D eigenvalue weighted by molar-refractivity contribution is -0.00225. The number of carbonyl (C=O) groups excluding carboxylic acids is 1. The number of nitrogens with zero attached hydrogens (tertiary/aromatic N) is 2. The van der Waals surface area contributed by atoms with Gasteiger partial charge in [-0.25, -0.2) is 9.59 Å². The molecule has 1 aromatic heterocycles. The van der Waals surface area contributed by atoms with Crippen LogP contribution in [0.4, 0.5) is 9.59 Å². The monoisotopic (exact) mass is 580 g/mol. The van der Waals surface area contributed by atoms with Crippen LogP contribution < -0.4 is 9.47 Å². The van der Waals surface area contributed by atoms with E-state index in [0.717, 1.165) is 36.0 Å². The summed E-state index contributed by atoms with van der Waals surface area (Å²) < 4.78 is 23.9. The third kappa shape index (κ3) is 6.20. The minimum absolute atomic E-state index is 0.0293. The first-order valence-electron chi connectivity index (χ1n) is 13.4. The van der Waals surface area contributed by atoms with E-state index in [9.17, 15) is 24.6 Å². The molecule has 2 aromatic carbocycles. The van der Waals surface area contributed by atoms with Gasteiger partial charge in [0.2, 0.25) is 5.78 Å². The molecule has 0 radical (unpaired) electrons. The van der Waals surface area contributed by atoms with Crippen LogP contribution in [0.3, 0.4) is 0 Å². The molecule has 0 aliphatic carbocycles. The van der Waals surface area contributed by atoms with E-state index in [-0.39, 0.29) is 22.6 Å². The maximum absolute atomic E-state index is 13.8. The molecule has 42 heavy (non-hydrogen) atoms. The molecule has 0 saturated heterocycles. The molecule has 0 unspecified atom stereocenters. The molecule has 0 fully saturated rings. The Kier molecular flexibility index (Phi) is 8.27. The summed E-state index contributed by atoms with van der Waals surface area (Å²) in [7, 11) is 5.63. The van der Waals surface area contributed by atoms with Gasteiger partial charge in [-0.05, 0) is 96.7 Å². The zero-order chi connectivity index (χ0) is 31.0. The van der Waals surface area contributed by atoms with Crippen LogP contribution in [-0.4, -0.2) is 65.5 Å². The van der Waals surface area contributed by atoms with Gasteiger partial charge in [0.05, 0.1) is 12.7 Å². The summed E-state index contributed by atoms with van der Waals surface area (Å²) in [5.41, 5.74) is -0.398. The number of rotatable bonds is 10. The molecule has 1 aliphatic rings. The van der Waals surface area contributed by atoms with Crippen LogP contribution in [0, 0.1) is 0 Å². The average Bonchev–Trinajstić information content (AvgIpc) is 3.38. The zero-order valence-corrected chi connectivity index (χ0v) is 24.8. The minimum atomic E-state index is -1.53. The van der Waals surface area contributed by atoms with Crippen molar-refractivity contribution in [2.24, 2.45) is 0 Å². The van der Waals surface area contributed by atoms with E-state index in [2.05, 4.69) is 9.47 Å². The third-order valence-corrected chi connectivity index (χ3v) is 7.21. The van der Waals surface area contributed by atoms with Gasteiger partial charge in [-0.3, -0.25) is 4.79 Å². The number of fused-ring (bicyclic) bond motifs is 2. The highest BCUT2D eigenvalue weighted by molar-refractivity contribution is 6.16. The van der Waals surface area contributed by atoms with E-state index >= 15 is 0 Å². The highest BCUT2D eigenvalue weighted by Crippen LogP contribution is 2.44. The number of benzene rings is 2. The van der Waals surface area contributed by atoms with Gasteiger partial charge in [0.25, 0.3) is 0 Å². The lowest BCUT2D eigenvalue weighted by Crippen LogP contribution is -2.29. The maximum Gasteiger partial charge on any atom is 0.506 e. The number of hydrogen-bond acceptors (Lipinski definition) is 8. The van der Waals surface area contributed by atoms with Gasteiger partial charge in [0, 0.05) is 34.8 Å². The van der Waals surface area contributed by atoms with E-state index < -0.39 is 29.3 Å². The molecule has 11 heteroatoms. The minimum Gasteiger partial charge on any atom is -0.497 e. The van der Waals surface area contributed by atoms with Gasteiger partial charge in [-0.2, -0.15) is 0 Å². The number of carboxylic acid groups (broad SMARTS) is 2. The molecule has 0 bridgehead atoms. The first kappa shape index (κ1) is 30.4. The number of ether oxygens (including phenoxy) is 4. The van der Waals surface area contributed by atoms with Gasteiger partial charge in [0.1, 0.15) is 22.7 Å². The number of ketones is 1. The van der Waals surface area contributed by atoms with E-state index in [1.165, 1.54) is 26.0 Å². The number of aryl methyl sites for hydroxylation is 1. The molecule has 3 aromatic rings. The van der Waals surface area contributed by atoms with Crippen molar-refractivity contribution < 1.29 is 43.5 Å². The lowest BCUT2D eigenvalue weighted by Gasteiger charge is -2.29. The Morgan fingerprint density at radius 3 is 2.31 bits per heavy atom. The summed E-state index contributed by atoms with van der Waals surface area (Å²) in [5.74, 6) is 0.383. The van der Waals surface area contributed by atoms with Crippen molar-refractivity contribution in [1.29, 1.82) is 0 Å². The van der Waals surface area contributed by atoms with Gasteiger partial charge in [-0.15, -0.1) is 0 Å². The van der Waals surface area contributed by atoms with Gasteiger partial charge in [-0.1, -0.05) is 0 Å². The number of carbonyl (C=O) groups is 3. The molecule has 2 heterocycles. The fourth-order valence-electron chi connectivity index (χ4n) is 5.12. The Balaban J connectivity index is 1.84. The van der Waals surface area contributed by atoms with E-state index in [4.69, 9.17) is 18.9 Å². The van der Waals surface area contributed by atoms with Crippen LogP contribution in [0.2, 0.25) is 0 Å². The zero-order valence-electron chi connectivity index (χ0n) is 24.8. The Labute approximate surface area is 243 Å². The van der Waals surface area contributed by atoms with E-state index in [0.29, 0.717) is 11.3 Å². The Hall–Kier alpha value is -4.51. The smallest absolute Gasteiger partial charge is 0.497 e. The van der Waals surface area contributed by atoms with Gasteiger partial charge < -0.3 is 38.6 Å². The summed E-state index contributed by atoms with van der Waals surface area (Å²) in [5, 5.41) is 19.5. The van der Waals surface area contributed by atoms with Crippen LogP contribution >= 0.6 is 0 Å². The maximum atomic E-state index is 13.8. The number of aromatic nitrogens is 1. The predicted molar refractivity (Wildman–Crippen MR) is 155 cm³/mol. The number of Topliss-reactive ketones (excluding diaryl/α,β-unsaturated/α-hetero) is 1. The van der Waals surface area contributed by atoms with E-state index in [1.54, 1.807) is 27.0 Å². The second-order valence-corrected chi connectivity index (χ2v) is 11.4.